The molecule has 3 nitrogen and oxygen atoms in total. The average molecular weight is 235 g/mol. The molecule has 0 bridgehead atoms. The van der Waals surface area contributed by atoms with Gasteiger partial charge in [-0.25, -0.2) is 0 Å². The molecule has 2 atom stereocenters. The van der Waals surface area contributed by atoms with Crippen molar-refractivity contribution >= 4 is 0 Å². The lowest BCUT2D eigenvalue weighted by Gasteiger charge is -2.08. The summed E-state index contributed by atoms with van der Waals surface area (Å²) in [4.78, 5) is 0. The minimum Gasteiger partial charge on any atom is -0.316 e. The molecule has 0 amide bonds. The molecule has 0 saturated heterocycles. The van der Waals surface area contributed by atoms with E-state index in [9.17, 15) is 0 Å². The van der Waals surface area contributed by atoms with Crippen LogP contribution in [0.2, 0.25) is 0 Å². The lowest BCUT2D eigenvalue weighted by atomic mass is 10.2. The molecule has 0 spiro atoms. The van der Waals surface area contributed by atoms with Gasteiger partial charge in [0, 0.05) is 24.4 Å². The summed E-state index contributed by atoms with van der Waals surface area (Å²) in [6, 6.07) is 2.20. The molecule has 1 aliphatic rings. The van der Waals surface area contributed by atoms with Crippen LogP contribution in [-0.2, 0) is 6.54 Å². The van der Waals surface area contributed by atoms with Gasteiger partial charge in [-0.15, -0.1) is 0 Å². The molecule has 1 heterocycles. The van der Waals surface area contributed by atoms with Crippen LogP contribution in [-0.4, -0.2) is 22.9 Å². The third kappa shape index (κ3) is 3.32. The standard InChI is InChI=1S/C14H25N3/c1-4-7-17-14(5-6-16-17)13-8-12(13)10-15-9-11(2)3/h5-6,11-13,15H,4,7-10H2,1-3H3. The monoisotopic (exact) mass is 235 g/mol. The van der Waals surface area contributed by atoms with Gasteiger partial charge in [0.25, 0.3) is 0 Å². The lowest BCUT2D eigenvalue weighted by Crippen LogP contribution is -2.22. The Morgan fingerprint density at radius 2 is 2.35 bits per heavy atom. The first-order valence-electron chi connectivity index (χ1n) is 6.94. The molecule has 2 unspecified atom stereocenters. The molecule has 1 N–H and O–H groups in total. The van der Waals surface area contributed by atoms with E-state index in [4.69, 9.17) is 0 Å². The summed E-state index contributed by atoms with van der Waals surface area (Å²) in [7, 11) is 0. The summed E-state index contributed by atoms with van der Waals surface area (Å²) in [6.45, 7) is 10.1. The minimum absolute atomic E-state index is 0.748. The molecule has 0 aliphatic heterocycles. The van der Waals surface area contributed by atoms with Crippen molar-refractivity contribution in [2.75, 3.05) is 13.1 Å². The zero-order valence-corrected chi connectivity index (χ0v) is 11.3. The summed E-state index contributed by atoms with van der Waals surface area (Å²) < 4.78 is 2.19. The van der Waals surface area contributed by atoms with Gasteiger partial charge in [0.05, 0.1) is 0 Å². The van der Waals surface area contributed by atoms with E-state index < -0.39 is 0 Å². The quantitative estimate of drug-likeness (QED) is 0.787. The van der Waals surface area contributed by atoms with Gasteiger partial charge in [-0.2, -0.15) is 5.10 Å². The van der Waals surface area contributed by atoms with Gasteiger partial charge in [-0.3, -0.25) is 4.68 Å². The molecule has 1 saturated carbocycles. The molecular formula is C14H25N3. The largest absolute Gasteiger partial charge is 0.316 e. The van der Waals surface area contributed by atoms with Crippen molar-refractivity contribution in [3.63, 3.8) is 0 Å². The Morgan fingerprint density at radius 1 is 1.53 bits per heavy atom. The van der Waals surface area contributed by atoms with Crippen molar-refractivity contribution in [1.29, 1.82) is 0 Å². The normalized spacial score (nSPS) is 23.3. The summed E-state index contributed by atoms with van der Waals surface area (Å²) in [5.41, 5.74) is 1.45. The SMILES string of the molecule is CCCn1nccc1C1CC1CNCC(C)C. The second-order valence-corrected chi connectivity index (χ2v) is 5.63. The summed E-state index contributed by atoms with van der Waals surface area (Å²) in [6.07, 6.45) is 4.44. The van der Waals surface area contributed by atoms with Crippen LogP contribution in [0.4, 0.5) is 0 Å². The highest BCUT2D eigenvalue weighted by atomic mass is 15.3. The highest BCUT2D eigenvalue weighted by Gasteiger charge is 2.39. The fraction of sp³-hybridized carbons (Fsp3) is 0.786. The van der Waals surface area contributed by atoms with Crippen LogP contribution in [0.5, 0.6) is 0 Å². The molecule has 1 aromatic heterocycles. The maximum absolute atomic E-state index is 4.41. The van der Waals surface area contributed by atoms with E-state index in [2.05, 4.69) is 41.9 Å². The molecule has 2 rings (SSSR count). The topological polar surface area (TPSA) is 29.9 Å². The molecule has 3 heteroatoms. The lowest BCUT2D eigenvalue weighted by molar-refractivity contribution is 0.524. The van der Waals surface area contributed by atoms with Crippen LogP contribution in [0.25, 0.3) is 0 Å². The second-order valence-electron chi connectivity index (χ2n) is 5.63. The Balaban J connectivity index is 1.79. The van der Waals surface area contributed by atoms with Gasteiger partial charge in [0.1, 0.15) is 0 Å². The van der Waals surface area contributed by atoms with Crippen LogP contribution in [0.1, 0.15) is 45.2 Å². The summed E-state index contributed by atoms with van der Waals surface area (Å²) >= 11 is 0. The van der Waals surface area contributed by atoms with E-state index in [0.717, 1.165) is 37.3 Å². The van der Waals surface area contributed by atoms with Crippen molar-refractivity contribution in [1.82, 2.24) is 15.1 Å². The fourth-order valence-corrected chi connectivity index (χ4v) is 2.45. The van der Waals surface area contributed by atoms with Crippen LogP contribution in [0.15, 0.2) is 12.3 Å². The third-order valence-electron chi connectivity index (χ3n) is 3.45. The highest BCUT2D eigenvalue weighted by Crippen LogP contribution is 2.46. The molecular weight excluding hydrogens is 210 g/mol. The smallest absolute Gasteiger partial charge is 0.0492 e. The van der Waals surface area contributed by atoms with E-state index >= 15 is 0 Å². The number of nitrogens with one attached hydrogen (secondary N) is 1. The molecule has 0 aromatic carbocycles. The van der Waals surface area contributed by atoms with Crippen LogP contribution < -0.4 is 5.32 Å². The average Bonchev–Trinajstić information content (AvgIpc) is 2.88. The van der Waals surface area contributed by atoms with E-state index in [1.807, 2.05) is 6.20 Å². The zero-order chi connectivity index (χ0) is 12.3. The van der Waals surface area contributed by atoms with E-state index in [1.54, 1.807) is 0 Å². The van der Waals surface area contributed by atoms with Gasteiger partial charge in [0.15, 0.2) is 0 Å². The zero-order valence-electron chi connectivity index (χ0n) is 11.3. The second kappa shape index (κ2) is 5.67. The number of hydrogen-bond donors (Lipinski definition) is 1. The molecule has 17 heavy (non-hydrogen) atoms. The molecule has 96 valence electrons. The first kappa shape index (κ1) is 12.6. The van der Waals surface area contributed by atoms with Gasteiger partial charge in [0.2, 0.25) is 0 Å². The van der Waals surface area contributed by atoms with Crippen molar-refractivity contribution in [3.05, 3.63) is 18.0 Å². The number of aromatic nitrogens is 2. The first-order chi connectivity index (χ1) is 8.22. The Hall–Kier alpha value is -0.830. The first-order valence-corrected chi connectivity index (χ1v) is 6.94. The Morgan fingerprint density at radius 3 is 3.06 bits per heavy atom. The van der Waals surface area contributed by atoms with Gasteiger partial charge >= 0.3 is 0 Å². The minimum atomic E-state index is 0.748. The predicted octanol–water partition coefficient (Wildman–Crippen LogP) is 2.64. The van der Waals surface area contributed by atoms with E-state index in [-0.39, 0.29) is 0 Å². The van der Waals surface area contributed by atoms with E-state index in [0.29, 0.717) is 0 Å². The maximum atomic E-state index is 4.41. The molecule has 1 aliphatic carbocycles. The number of aryl methyl sites for hydroxylation is 1. The predicted molar refractivity (Wildman–Crippen MR) is 71.1 cm³/mol. The van der Waals surface area contributed by atoms with Crippen LogP contribution in [0, 0.1) is 11.8 Å². The summed E-state index contributed by atoms with van der Waals surface area (Å²) in [5, 5.41) is 7.97. The number of nitrogens with zero attached hydrogens (tertiary/aromatic N) is 2. The van der Waals surface area contributed by atoms with Crippen molar-refractivity contribution in [3.8, 4) is 0 Å². The molecule has 0 radical (unpaired) electrons. The van der Waals surface area contributed by atoms with Gasteiger partial charge < -0.3 is 5.32 Å². The number of hydrogen-bond acceptors (Lipinski definition) is 2. The molecule has 1 fully saturated rings. The van der Waals surface area contributed by atoms with Crippen LogP contribution in [0.3, 0.4) is 0 Å². The maximum Gasteiger partial charge on any atom is 0.0492 e. The fourth-order valence-electron chi connectivity index (χ4n) is 2.45. The van der Waals surface area contributed by atoms with Crippen molar-refractivity contribution in [2.24, 2.45) is 11.8 Å². The molecule has 1 aromatic rings. The Bertz CT molecular complexity index is 343. The Kier molecular flexibility index (Phi) is 4.21. The summed E-state index contributed by atoms with van der Waals surface area (Å²) in [5.74, 6) is 2.34. The third-order valence-corrected chi connectivity index (χ3v) is 3.45. The van der Waals surface area contributed by atoms with E-state index in [1.165, 1.54) is 18.7 Å². The van der Waals surface area contributed by atoms with Gasteiger partial charge in [-0.1, -0.05) is 20.8 Å². The highest BCUT2D eigenvalue weighted by molar-refractivity contribution is 5.17. The van der Waals surface area contributed by atoms with Crippen molar-refractivity contribution in [2.45, 2.75) is 46.1 Å². The van der Waals surface area contributed by atoms with Crippen LogP contribution >= 0.6 is 0 Å². The Labute approximate surface area is 105 Å². The number of rotatable bonds is 7. The van der Waals surface area contributed by atoms with Crippen molar-refractivity contribution < 1.29 is 0 Å². The van der Waals surface area contributed by atoms with Gasteiger partial charge in [-0.05, 0) is 43.8 Å².